The first kappa shape index (κ1) is 58.6. The van der Waals surface area contributed by atoms with Crippen molar-refractivity contribution < 1.29 is 43.2 Å². The number of unbranched alkanes of at least 4 members (excludes halogenated alkanes) is 1. The number of hydrogen-bond acceptors (Lipinski definition) is 11. The second-order valence-corrected chi connectivity index (χ2v) is 19.0. The molecule has 1 aliphatic heterocycles. The third kappa shape index (κ3) is 17.4. The number of nitrogens with zero attached hydrogens (tertiary/aromatic N) is 4. The Labute approximate surface area is 441 Å². The van der Waals surface area contributed by atoms with E-state index in [1.165, 1.54) is 43.3 Å². The number of nitrogens with one attached hydrogen (secondary N) is 8. The molecule has 2 aromatic carbocycles. The Morgan fingerprint density at radius 1 is 0.803 bits per heavy atom. The largest absolute Gasteiger partial charge is 0.370 e. The number of carbonyl (C=O) groups excluding carboxylic acids is 9. The van der Waals surface area contributed by atoms with Crippen molar-refractivity contribution in [1.29, 1.82) is 0 Å². The lowest BCUT2D eigenvalue weighted by molar-refractivity contribution is -0.149. The summed E-state index contributed by atoms with van der Waals surface area (Å²) in [5.74, 6) is -6.79. The van der Waals surface area contributed by atoms with Crippen molar-refractivity contribution in [3.8, 4) is 0 Å². The van der Waals surface area contributed by atoms with Gasteiger partial charge < -0.3 is 68.9 Å². The normalized spacial score (nSPS) is 21.4. The van der Waals surface area contributed by atoms with Crippen molar-refractivity contribution in [3.63, 3.8) is 0 Å². The molecule has 7 atom stereocenters. The molecule has 3 heterocycles. The summed E-state index contributed by atoms with van der Waals surface area (Å²) in [4.78, 5) is 144. The van der Waals surface area contributed by atoms with Crippen molar-refractivity contribution >= 4 is 70.0 Å². The highest BCUT2D eigenvalue weighted by molar-refractivity contribution is 5.99. The minimum atomic E-state index is -1.58. The monoisotopic (exact) mass is 1050 g/mol. The number of aromatic amines is 2. The second-order valence-electron chi connectivity index (χ2n) is 19.0. The topological polar surface area (TPSA) is 367 Å². The summed E-state index contributed by atoms with van der Waals surface area (Å²) in [6, 6.07) is 6.95. The SMILES string of the molecule is CCCC[C@H](NC(C)=O)C(=O)N[C@H]1CC(=O)NCCCC[C@@H](C(N)=O)NC(=O)[C@H](Cc2c[nH]c3ccccc23)N(C)C(=O)[C@H](CCCN=C(N)N)N(C)C(=O)[C@@H](Cc2ccccc2)NC(=O)[C@H](Cc2cnc[nH]2)NC1=O. The molecule has 0 aliphatic carbocycles. The van der Waals surface area contributed by atoms with E-state index in [-0.39, 0.29) is 76.8 Å². The van der Waals surface area contributed by atoms with Crippen molar-refractivity contribution in [2.45, 2.75) is 133 Å². The van der Waals surface area contributed by atoms with Crippen LogP contribution in [0.15, 0.2) is 78.3 Å². The summed E-state index contributed by atoms with van der Waals surface area (Å²) >= 11 is 0. The summed E-state index contributed by atoms with van der Waals surface area (Å²) in [7, 11) is 2.83. The third-order valence-electron chi connectivity index (χ3n) is 13.2. The van der Waals surface area contributed by atoms with Crippen molar-refractivity contribution in [1.82, 2.24) is 56.7 Å². The number of aromatic nitrogens is 3. The smallest absolute Gasteiger partial charge is 0.245 e. The average Bonchev–Trinajstić information content (AvgIpc) is 4.07. The molecule has 0 radical (unpaired) electrons. The molecule has 24 nitrogen and oxygen atoms in total. The van der Waals surface area contributed by atoms with Gasteiger partial charge in [-0.15, -0.1) is 0 Å². The van der Waals surface area contributed by atoms with Gasteiger partial charge >= 0.3 is 0 Å². The van der Waals surface area contributed by atoms with Crippen LogP contribution in [0.3, 0.4) is 0 Å². The number of aliphatic imine (C=N–C) groups is 1. The molecule has 0 saturated carbocycles. The summed E-state index contributed by atoms with van der Waals surface area (Å²) in [6.07, 6.45) is 5.88. The van der Waals surface area contributed by atoms with Crippen LogP contribution in [-0.4, -0.2) is 153 Å². The Balaban J connectivity index is 1.60. The number of primary amides is 1. The van der Waals surface area contributed by atoms with Crippen LogP contribution < -0.4 is 49.1 Å². The van der Waals surface area contributed by atoms with Gasteiger partial charge in [0.05, 0.1) is 12.7 Å². The first-order valence-electron chi connectivity index (χ1n) is 25.6. The fourth-order valence-corrected chi connectivity index (χ4v) is 9.01. The molecule has 1 fully saturated rings. The van der Waals surface area contributed by atoms with Crippen molar-refractivity contribution in [2.75, 3.05) is 27.2 Å². The maximum atomic E-state index is 15.2. The summed E-state index contributed by atoms with van der Waals surface area (Å²) in [6.45, 7) is 3.27. The zero-order valence-corrected chi connectivity index (χ0v) is 43.6. The summed E-state index contributed by atoms with van der Waals surface area (Å²) in [5, 5.41) is 17.0. The number of amides is 9. The molecule has 0 spiro atoms. The number of para-hydroxylation sites is 1. The lowest BCUT2D eigenvalue weighted by Crippen LogP contribution is -2.61. The molecule has 2 aromatic heterocycles. The quantitative estimate of drug-likeness (QED) is 0.0360. The van der Waals surface area contributed by atoms with Gasteiger partial charge in [0.1, 0.15) is 42.3 Å². The highest BCUT2D eigenvalue weighted by atomic mass is 16.2. The van der Waals surface area contributed by atoms with Crippen LogP contribution in [0.25, 0.3) is 10.9 Å². The Bertz CT molecular complexity index is 2660. The number of rotatable bonds is 17. The maximum Gasteiger partial charge on any atom is 0.245 e. The molecule has 5 rings (SSSR count). The Hall–Kier alpha value is -8.31. The van der Waals surface area contributed by atoms with E-state index in [2.05, 4.69) is 51.8 Å². The van der Waals surface area contributed by atoms with E-state index in [9.17, 15) is 33.6 Å². The first-order chi connectivity index (χ1) is 36.4. The highest BCUT2D eigenvalue weighted by Crippen LogP contribution is 2.23. The number of nitrogens with two attached hydrogens (primary N) is 3. The van der Waals surface area contributed by atoms with E-state index in [0.717, 1.165) is 10.9 Å². The van der Waals surface area contributed by atoms with E-state index < -0.39 is 102 Å². The van der Waals surface area contributed by atoms with Crippen LogP contribution in [0.2, 0.25) is 0 Å². The molecule has 24 heteroatoms. The molecule has 1 saturated heterocycles. The molecular weight excluding hydrogens is 979 g/mol. The number of hydrogen-bond donors (Lipinski definition) is 11. The Kier molecular flexibility index (Phi) is 22.3. The minimum absolute atomic E-state index is 0.0147. The van der Waals surface area contributed by atoms with Gasteiger partial charge in [0, 0.05) is 82.4 Å². The number of likely N-dealkylation sites (N-methyl/N-ethyl adjacent to an activating group) is 2. The van der Waals surface area contributed by atoms with E-state index in [4.69, 9.17) is 17.2 Å². The van der Waals surface area contributed by atoms with Gasteiger partial charge in [-0.1, -0.05) is 68.3 Å². The predicted molar refractivity (Wildman–Crippen MR) is 283 cm³/mol. The lowest BCUT2D eigenvalue weighted by Gasteiger charge is -2.36. The molecule has 4 aromatic rings. The van der Waals surface area contributed by atoms with Crippen LogP contribution in [0, 0.1) is 0 Å². The molecule has 76 heavy (non-hydrogen) atoms. The maximum absolute atomic E-state index is 15.2. The number of benzene rings is 2. The molecule has 1 aliphatic rings. The number of H-pyrrole nitrogens is 2. The number of imidazole rings is 1. The van der Waals surface area contributed by atoms with Gasteiger partial charge in [0.15, 0.2) is 5.96 Å². The van der Waals surface area contributed by atoms with E-state index in [1.54, 1.807) is 36.5 Å². The zero-order valence-electron chi connectivity index (χ0n) is 43.6. The first-order valence-corrected chi connectivity index (χ1v) is 25.6. The van der Waals surface area contributed by atoms with Gasteiger partial charge in [-0.25, -0.2) is 4.98 Å². The molecule has 0 bridgehead atoms. The van der Waals surface area contributed by atoms with Crippen LogP contribution in [0.4, 0.5) is 0 Å². The van der Waals surface area contributed by atoms with E-state index in [1.807, 2.05) is 31.2 Å². The average molecular weight is 1050 g/mol. The predicted octanol–water partition coefficient (Wildman–Crippen LogP) is -0.564. The molecular formula is C52H73N15O9. The molecule has 410 valence electrons. The van der Waals surface area contributed by atoms with E-state index >= 15 is 9.59 Å². The van der Waals surface area contributed by atoms with Crippen LogP contribution in [0.5, 0.6) is 0 Å². The van der Waals surface area contributed by atoms with Crippen LogP contribution >= 0.6 is 0 Å². The second kappa shape index (κ2) is 29.0. The van der Waals surface area contributed by atoms with Crippen LogP contribution in [-0.2, 0) is 62.4 Å². The Morgan fingerprint density at radius 2 is 1.51 bits per heavy atom. The Morgan fingerprint density at radius 3 is 2.20 bits per heavy atom. The summed E-state index contributed by atoms with van der Waals surface area (Å²) < 4.78 is 0. The standard InChI is InChI=1S/C52H73N15O9/c1-5-6-18-38(61-31(2)68)46(71)64-40-27-44(69)57-22-13-12-20-37(45(53)70)62-49(74)43(25-33-28-59-36-19-11-10-17-35(33)36)67(4)51(76)42(21-14-23-58-52(54)55)66(3)50(75)41(24-32-15-8-7-9-16-32)65-47(72)39(63-48(40)73)26-34-29-56-30-60-34/h7-11,15-17,19,28-30,37-43,59H,5-6,12-14,18,20-27H2,1-4H3,(H2,53,70)(H,56,60)(H,57,69)(H,61,68)(H,62,74)(H,63,73)(H,64,71)(H,65,72)(H4,54,55,58)/t37-,38-,39-,40-,41+,42-,43-/m0/s1. The van der Waals surface area contributed by atoms with Crippen LogP contribution in [0.1, 0.15) is 88.5 Å². The van der Waals surface area contributed by atoms with Gasteiger partial charge in [-0.2, -0.15) is 0 Å². The van der Waals surface area contributed by atoms with Crippen molar-refractivity contribution in [2.24, 2.45) is 22.2 Å². The minimum Gasteiger partial charge on any atom is -0.370 e. The van der Waals surface area contributed by atoms with Gasteiger partial charge in [0.25, 0.3) is 0 Å². The summed E-state index contributed by atoms with van der Waals surface area (Å²) in [5.41, 5.74) is 19.6. The number of carbonyl (C=O) groups is 9. The van der Waals surface area contributed by atoms with Gasteiger partial charge in [0.2, 0.25) is 53.2 Å². The van der Waals surface area contributed by atoms with Gasteiger partial charge in [-0.05, 0) is 55.7 Å². The fraction of sp³-hybridized carbons (Fsp3) is 0.481. The van der Waals surface area contributed by atoms with Gasteiger partial charge in [-0.3, -0.25) is 48.1 Å². The fourth-order valence-electron chi connectivity index (χ4n) is 9.01. The number of fused-ring (bicyclic) bond motifs is 1. The lowest BCUT2D eigenvalue weighted by atomic mass is 9.99. The molecule has 9 amide bonds. The molecule has 14 N–H and O–H groups in total. The van der Waals surface area contributed by atoms with E-state index in [0.29, 0.717) is 29.7 Å². The number of guanidine groups is 1. The zero-order chi connectivity index (χ0) is 55.3. The molecule has 0 unspecified atom stereocenters. The van der Waals surface area contributed by atoms with Crippen molar-refractivity contribution in [3.05, 3.63) is 90.1 Å². The third-order valence-corrected chi connectivity index (χ3v) is 13.2. The highest BCUT2D eigenvalue weighted by Gasteiger charge is 2.39.